The highest BCUT2D eigenvalue weighted by molar-refractivity contribution is 6.20. The molecule has 0 spiro atoms. The number of para-hydroxylation sites is 4. The lowest BCUT2D eigenvalue weighted by Crippen LogP contribution is -2.09. The number of nitrogens with zero attached hydrogens (tertiary/aromatic N) is 2. The van der Waals surface area contributed by atoms with Gasteiger partial charge in [-0.05, 0) is 180 Å². The van der Waals surface area contributed by atoms with Crippen molar-refractivity contribution in [2.24, 2.45) is 0 Å². The van der Waals surface area contributed by atoms with Gasteiger partial charge in [0.1, 0.15) is 67.0 Å². The molecule has 19 aromatic rings. The zero-order chi connectivity index (χ0) is 54.2. The number of benzene rings is 13. The highest BCUT2D eigenvalue weighted by Crippen LogP contribution is 2.47. The van der Waals surface area contributed by atoms with Crippen molar-refractivity contribution in [1.82, 2.24) is 0 Å². The molecular formula is C75H42N2O6. The van der Waals surface area contributed by atoms with Crippen LogP contribution in [0.4, 0.5) is 34.1 Å². The Balaban J connectivity index is 0.733. The minimum Gasteiger partial charge on any atom is -0.456 e. The maximum Gasteiger partial charge on any atom is 0.142 e. The van der Waals surface area contributed by atoms with Crippen LogP contribution in [0.25, 0.3) is 153 Å². The topological polar surface area (TPSA) is 85.3 Å². The number of hydrogen-bond acceptors (Lipinski definition) is 8. The molecule has 0 atom stereocenters. The molecule has 13 aromatic carbocycles. The standard InChI is InChI=1S/C75H42N2O6/c1-41-74-62(56-32-42-18-20-46(30-44(42)34-72(56)82-74)76(48-22-26-68-58(36-48)52-10-2-6-14-64(52)78-68)49-23-27-69-59(37-49)53-11-3-7-15-65(53)79-69)40-63-57-33-43-19-21-47(31-45(43)35-73(57)83-75(41)63)77(50-24-28-70-60(38-50)54-12-4-8-16-66(54)80-70)51-25-29-71-61(39-51)55-13-5-9-17-67(55)81-71/h2-40H,1H3. The Morgan fingerprint density at radius 3 is 0.843 bits per heavy atom. The Labute approximate surface area is 470 Å². The molecule has 6 heterocycles. The smallest absolute Gasteiger partial charge is 0.142 e. The van der Waals surface area contributed by atoms with Gasteiger partial charge in [0, 0.05) is 104 Å². The quantitative estimate of drug-likeness (QED) is 0.163. The number of rotatable bonds is 6. The maximum absolute atomic E-state index is 6.91. The first kappa shape index (κ1) is 44.6. The van der Waals surface area contributed by atoms with E-state index >= 15 is 0 Å². The second kappa shape index (κ2) is 16.4. The predicted molar refractivity (Wildman–Crippen MR) is 339 cm³/mol. The molecule has 0 radical (unpaired) electrons. The van der Waals surface area contributed by atoms with Crippen LogP contribution in [0.15, 0.2) is 263 Å². The highest BCUT2D eigenvalue weighted by Gasteiger charge is 2.23. The molecule has 0 aliphatic heterocycles. The normalized spacial score (nSPS) is 12.4. The molecule has 0 bridgehead atoms. The fourth-order valence-electron chi connectivity index (χ4n) is 13.4. The summed E-state index contributed by atoms with van der Waals surface area (Å²) in [6.45, 7) is 2.11. The van der Waals surface area contributed by atoms with Crippen LogP contribution in [-0.2, 0) is 0 Å². The summed E-state index contributed by atoms with van der Waals surface area (Å²) in [5, 5.41) is 17.1. The van der Waals surface area contributed by atoms with E-state index in [1.165, 1.54) is 0 Å². The second-order valence-electron chi connectivity index (χ2n) is 22.0. The first-order chi connectivity index (χ1) is 41.0. The molecule has 8 heteroatoms. The van der Waals surface area contributed by atoms with Crippen molar-refractivity contribution in [1.29, 1.82) is 0 Å². The largest absolute Gasteiger partial charge is 0.456 e. The van der Waals surface area contributed by atoms with Crippen LogP contribution in [-0.4, -0.2) is 0 Å². The summed E-state index contributed by atoms with van der Waals surface area (Å²) in [5.74, 6) is 0. The molecule has 0 aliphatic rings. The van der Waals surface area contributed by atoms with Gasteiger partial charge in [-0.1, -0.05) is 84.9 Å². The lowest BCUT2D eigenvalue weighted by atomic mass is 10.0. The monoisotopic (exact) mass is 1070 g/mol. The van der Waals surface area contributed by atoms with Crippen molar-refractivity contribution in [3.05, 3.63) is 242 Å². The van der Waals surface area contributed by atoms with Crippen molar-refractivity contribution in [2.45, 2.75) is 6.92 Å². The van der Waals surface area contributed by atoms with Gasteiger partial charge < -0.3 is 36.3 Å². The van der Waals surface area contributed by atoms with E-state index in [0.717, 1.165) is 193 Å². The third-order valence-corrected chi connectivity index (χ3v) is 17.3. The van der Waals surface area contributed by atoms with Crippen LogP contribution in [0.5, 0.6) is 0 Å². The van der Waals surface area contributed by atoms with Crippen LogP contribution in [0.1, 0.15) is 5.56 Å². The van der Waals surface area contributed by atoms with Crippen LogP contribution in [0, 0.1) is 6.92 Å². The molecule has 0 unspecified atom stereocenters. The predicted octanol–water partition coefficient (Wildman–Crippen LogP) is 22.6. The molecule has 0 saturated carbocycles. The van der Waals surface area contributed by atoms with E-state index in [9.17, 15) is 0 Å². The minimum absolute atomic E-state index is 0.816. The summed E-state index contributed by atoms with van der Waals surface area (Å²) in [7, 11) is 0. The van der Waals surface area contributed by atoms with Crippen LogP contribution in [0.3, 0.4) is 0 Å². The molecule has 0 saturated heterocycles. The molecule has 0 amide bonds. The van der Waals surface area contributed by atoms with Gasteiger partial charge in [-0.15, -0.1) is 0 Å². The SMILES string of the molecule is Cc1c2oc3cc4cc(N(c5ccc6oc7ccccc7c6c5)c5ccc6oc7ccccc7c6c5)ccc4cc3c2cc2c1oc1cc3cc(N(c4ccc5oc6ccccc6c5c4)c4ccc5oc6ccccc6c5c4)ccc3cc12. The molecule has 0 N–H and O–H groups in total. The number of hydrogen-bond donors (Lipinski definition) is 0. The van der Waals surface area contributed by atoms with E-state index in [1.54, 1.807) is 0 Å². The van der Waals surface area contributed by atoms with Gasteiger partial charge in [0.2, 0.25) is 0 Å². The highest BCUT2D eigenvalue weighted by atomic mass is 16.4. The molecular weight excluding hydrogens is 1020 g/mol. The summed E-state index contributed by atoms with van der Waals surface area (Å²) in [6.07, 6.45) is 0. The van der Waals surface area contributed by atoms with Crippen LogP contribution >= 0.6 is 0 Å². The van der Waals surface area contributed by atoms with Crippen molar-refractivity contribution in [3.63, 3.8) is 0 Å². The van der Waals surface area contributed by atoms with Crippen molar-refractivity contribution >= 4 is 187 Å². The fraction of sp³-hybridized carbons (Fsp3) is 0.0133. The van der Waals surface area contributed by atoms with Crippen molar-refractivity contribution in [3.8, 4) is 0 Å². The molecule has 6 aromatic heterocycles. The Kier molecular flexibility index (Phi) is 8.84. The summed E-state index contributed by atoms with van der Waals surface area (Å²) >= 11 is 0. The number of anilines is 6. The van der Waals surface area contributed by atoms with E-state index < -0.39 is 0 Å². The lowest BCUT2D eigenvalue weighted by molar-refractivity contribution is 0.651. The molecule has 0 fully saturated rings. The van der Waals surface area contributed by atoms with Gasteiger partial charge in [-0.2, -0.15) is 0 Å². The number of aryl methyl sites for hydroxylation is 1. The summed E-state index contributed by atoms with van der Waals surface area (Å²) in [5.41, 5.74) is 17.1. The first-order valence-electron chi connectivity index (χ1n) is 27.9. The van der Waals surface area contributed by atoms with Gasteiger partial charge in [-0.3, -0.25) is 0 Å². The lowest BCUT2D eigenvalue weighted by Gasteiger charge is -2.26. The summed E-state index contributed by atoms with van der Waals surface area (Å²) in [4.78, 5) is 4.64. The number of fused-ring (bicyclic) bond motifs is 20. The average Bonchev–Trinajstić information content (AvgIpc) is 4.27. The van der Waals surface area contributed by atoms with Gasteiger partial charge >= 0.3 is 0 Å². The molecule has 0 aliphatic carbocycles. The molecule has 8 nitrogen and oxygen atoms in total. The zero-order valence-corrected chi connectivity index (χ0v) is 44.4. The van der Waals surface area contributed by atoms with Gasteiger partial charge in [0.15, 0.2) is 0 Å². The van der Waals surface area contributed by atoms with E-state index in [2.05, 4.69) is 205 Å². The van der Waals surface area contributed by atoms with Gasteiger partial charge in [0.05, 0.1) is 0 Å². The van der Waals surface area contributed by atoms with E-state index in [0.29, 0.717) is 0 Å². The third kappa shape index (κ3) is 6.51. The maximum atomic E-state index is 6.91. The number of furan rings is 6. The van der Waals surface area contributed by atoms with E-state index in [-0.39, 0.29) is 0 Å². The molecule has 19 rings (SSSR count). The Morgan fingerprint density at radius 1 is 0.205 bits per heavy atom. The first-order valence-corrected chi connectivity index (χ1v) is 27.9. The Hall–Kier alpha value is -11.2. The fourth-order valence-corrected chi connectivity index (χ4v) is 13.4. The van der Waals surface area contributed by atoms with Crippen LogP contribution in [0.2, 0.25) is 0 Å². The Morgan fingerprint density at radius 2 is 0.494 bits per heavy atom. The second-order valence-corrected chi connectivity index (χ2v) is 22.0. The van der Waals surface area contributed by atoms with Crippen molar-refractivity contribution in [2.75, 3.05) is 9.80 Å². The average molecular weight is 1070 g/mol. The van der Waals surface area contributed by atoms with Gasteiger partial charge in [0.25, 0.3) is 0 Å². The van der Waals surface area contributed by atoms with Gasteiger partial charge in [-0.25, -0.2) is 0 Å². The van der Waals surface area contributed by atoms with Crippen molar-refractivity contribution < 1.29 is 26.5 Å². The summed E-state index contributed by atoms with van der Waals surface area (Å²) < 4.78 is 39.0. The van der Waals surface area contributed by atoms with E-state index in [4.69, 9.17) is 26.5 Å². The zero-order valence-electron chi connectivity index (χ0n) is 44.4. The third-order valence-electron chi connectivity index (χ3n) is 17.3. The summed E-state index contributed by atoms with van der Waals surface area (Å²) in [6, 6.07) is 83.3. The van der Waals surface area contributed by atoms with Crippen LogP contribution < -0.4 is 9.80 Å². The minimum atomic E-state index is 0.816. The van der Waals surface area contributed by atoms with E-state index in [1.807, 2.05) is 48.5 Å². The Bertz CT molecular complexity index is 5410. The molecule has 83 heavy (non-hydrogen) atoms. The molecule has 388 valence electrons.